The van der Waals surface area contributed by atoms with Crippen molar-refractivity contribution >= 4 is 46.1 Å². The van der Waals surface area contributed by atoms with Crippen molar-refractivity contribution in [1.29, 1.82) is 0 Å². The molecule has 1 aliphatic heterocycles. The molecule has 1 N–H and O–H groups in total. The Morgan fingerprint density at radius 3 is 2.50 bits per heavy atom. The number of rotatable bonds is 11. The van der Waals surface area contributed by atoms with Crippen LogP contribution < -0.4 is 5.32 Å². The molecule has 3 rings (SSSR count). The first-order chi connectivity index (χ1) is 17.4. The molecule has 1 fully saturated rings. The summed E-state index contributed by atoms with van der Waals surface area (Å²) in [7, 11) is 0. The average Bonchev–Trinajstić information content (AvgIpc) is 2.87. The molecular formula is C27H32FN3O4S. The molecule has 0 aliphatic carbocycles. The Bertz CT molecular complexity index is 1090. The van der Waals surface area contributed by atoms with E-state index in [1.54, 1.807) is 48.2 Å². The van der Waals surface area contributed by atoms with Crippen molar-refractivity contribution in [2.24, 2.45) is 4.99 Å². The van der Waals surface area contributed by atoms with Crippen molar-refractivity contribution in [3.8, 4) is 0 Å². The number of aliphatic imine (C=N–C) groups is 1. The molecule has 2 aromatic rings. The van der Waals surface area contributed by atoms with E-state index in [-0.39, 0.29) is 24.6 Å². The monoisotopic (exact) mass is 513 g/mol. The van der Waals surface area contributed by atoms with E-state index in [1.807, 2.05) is 0 Å². The molecule has 36 heavy (non-hydrogen) atoms. The van der Waals surface area contributed by atoms with Crippen molar-refractivity contribution in [3.63, 3.8) is 0 Å². The average molecular weight is 514 g/mol. The van der Waals surface area contributed by atoms with Crippen molar-refractivity contribution in [2.75, 3.05) is 18.5 Å². The molecule has 1 atom stereocenters. The van der Waals surface area contributed by atoms with Crippen molar-refractivity contribution < 1.29 is 23.5 Å². The third kappa shape index (κ3) is 7.65. The number of amidine groups is 1. The number of carbonyl (C=O) groups is 3. The Morgan fingerprint density at radius 1 is 1.08 bits per heavy atom. The lowest BCUT2D eigenvalue weighted by Gasteiger charge is -2.32. The van der Waals surface area contributed by atoms with Crippen LogP contribution in [0.4, 0.5) is 15.8 Å². The fraction of sp³-hybridized carbons (Fsp3) is 0.407. The lowest BCUT2D eigenvalue weighted by molar-refractivity contribution is -0.129. The molecule has 7 nitrogen and oxygen atoms in total. The molecule has 2 amide bonds. The maximum absolute atomic E-state index is 14.0. The highest BCUT2D eigenvalue weighted by Crippen LogP contribution is 2.30. The lowest BCUT2D eigenvalue weighted by Crippen LogP contribution is -2.45. The van der Waals surface area contributed by atoms with Gasteiger partial charge >= 0.3 is 5.97 Å². The summed E-state index contributed by atoms with van der Waals surface area (Å²) in [4.78, 5) is 44.2. The van der Waals surface area contributed by atoms with E-state index in [9.17, 15) is 18.8 Å². The first-order valence-electron chi connectivity index (χ1n) is 12.3. The van der Waals surface area contributed by atoms with E-state index in [2.05, 4.69) is 17.2 Å². The Hall–Kier alpha value is -3.20. The van der Waals surface area contributed by atoms with Gasteiger partial charge in [0.25, 0.3) is 0 Å². The molecule has 192 valence electrons. The largest absolute Gasteiger partial charge is 0.462 e. The van der Waals surface area contributed by atoms with Crippen LogP contribution in [-0.2, 0) is 14.3 Å². The molecule has 1 saturated heterocycles. The number of thioether (sulfide) groups is 1. The highest BCUT2D eigenvalue weighted by atomic mass is 32.2. The lowest BCUT2D eigenvalue weighted by atomic mass is 10.1. The molecule has 0 aromatic heterocycles. The molecule has 0 radical (unpaired) electrons. The fourth-order valence-corrected chi connectivity index (χ4v) is 4.83. The molecule has 0 spiro atoms. The van der Waals surface area contributed by atoms with Crippen LogP contribution in [0, 0.1) is 5.82 Å². The number of unbranched alkanes of at least 4 members (excludes halogenated alkanes) is 4. The van der Waals surface area contributed by atoms with E-state index in [0.717, 1.165) is 32.1 Å². The van der Waals surface area contributed by atoms with Crippen LogP contribution in [0.3, 0.4) is 0 Å². The number of carbonyl (C=O) groups excluding carboxylic acids is 3. The number of hydrogen-bond acceptors (Lipinski definition) is 6. The summed E-state index contributed by atoms with van der Waals surface area (Å²) in [6, 6.07) is 12.5. The number of benzene rings is 2. The normalized spacial score (nSPS) is 16.8. The van der Waals surface area contributed by atoms with E-state index in [0.29, 0.717) is 23.0 Å². The second-order valence-corrected chi connectivity index (χ2v) is 9.57. The molecule has 9 heteroatoms. The number of halogens is 1. The van der Waals surface area contributed by atoms with Crippen LogP contribution in [0.1, 0.15) is 62.7 Å². The van der Waals surface area contributed by atoms with Gasteiger partial charge in [0.05, 0.1) is 23.5 Å². The quantitative estimate of drug-likeness (QED) is 0.297. The van der Waals surface area contributed by atoms with Gasteiger partial charge in [-0.2, -0.15) is 0 Å². The van der Waals surface area contributed by atoms with Gasteiger partial charge < -0.3 is 10.1 Å². The zero-order valence-electron chi connectivity index (χ0n) is 20.7. The Balaban J connectivity index is 1.79. The summed E-state index contributed by atoms with van der Waals surface area (Å²) < 4.78 is 19.0. The number of nitrogens with zero attached hydrogens (tertiary/aromatic N) is 2. The van der Waals surface area contributed by atoms with E-state index >= 15 is 0 Å². The summed E-state index contributed by atoms with van der Waals surface area (Å²) in [5.74, 6) is -1.61. The first kappa shape index (κ1) is 27.4. The van der Waals surface area contributed by atoms with Gasteiger partial charge in [0.2, 0.25) is 11.8 Å². The number of amides is 2. The number of nitrogens with one attached hydrogen (secondary N) is 1. The second-order valence-electron chi connectivity index (χ2n) is 8.40. The number of para-hydroxylation sites is 1. The zero-order valence-corrected chi connectivity index (χ0v) is 21.5. The number of esters is 1. The highest BCUT2D eigenvalue weighted by Gasteiger charge is 2.36. The minimum absolute atomic E-state index is 0.000723. The van der Waals surface area contributed by atoms with Crippen molar-refractivity contribution in [1.82, 2.24) is 4.90 Å². The van der Waals surface area contributed by atoms with Crippen LogP contribution in [0.25, 0.3) is 0 Å². The molecule has 2 aromatic carbocycles. The number of ether oxygens (including phenoxy) is 1. The number of anilines is 1. The molecule has 1 heterocycles. The molecule has 1 unspecified atom stereocenters. The summed E-state index contributed by atoms with van der Waals surface area (Å²) in [5.41, 5.74) is 1.02. The SMILES string of the molecule is CCCCCCCN1C(=O)CC(C(=O)Nc2ccccc2F)SC1=Nc1ccc(C(=O)OCC)cc1. The molecule has 1 aliphatic rings. The number of hydrogen-bond donors (Lipinski definition) is 1. The summed E-state index contributed by atoms with van der Waals surface area (Å²) in [6.45, 7) is 4.68. The standard InChI is InChI=1S/C27H32FN3O4S/c1-3-5-6-7-10-17-31-24(32)18-23(25(33)30-22-12-9-8-11-21(22)28)36-27(31)29-20-15-13-19(14-16-20)26(34)35-4-2/h8-9,11-16,23H,3-7,10,17-18H2,1-2H3,(H,30,33). The van der Waals surface area contributed by atoms with Crippen LogP contribution in [0.5, 0.6) is 0 Å². The van der Waals surface area contributed by atoms with Crippen LogP contribution >= 0.6 is 11.8 Å². The van der Waals surface area contributed by atoms with E-state index < -0.39 is 22.9 Å². The van der Waals surface area contributed by atoms with Crippen LogP contribution in [0.15, 0.2) is 53.5 Å². The van der Waals surface area contributed by atoms with E-state index in [4.69, 9.17) is 4.74 Å². The van der Waals surface area contributed by atoms with Crippen molar-refractivity contribution in [2.45, 2.75) is 57.6 Å². The molecule has 0 saturated carbocycles. The minimum atomic E-state index is -0.744. The third-order valence-corrected chi connectivity index (χ3v) is 6.84. The molecule has 0 bridgehead atoms. The predicted molar refractivity (Wildman–Crippen MR) is 141 cm³/mol. The zero-order chi connectivity index (χ0) is 25.9. The van der Waals surface area contributed by atoms with E-state index in [1.165, 1.54) is 23.9 Å². The third-order valence-electron chi connectivity index (χ3n) is 5.65. The maximum atomic E-state index is 14.0. The Morgan fingerprint density at radius 2 is 1.81 bits per heavy atom. The summed E-state index contributed by atoms with van der Waals surface area (Å²) in [6.07, 6.45) is 5.21. The Labute approximate surface area is 215 Å². The van der Waals surface area contributed by atoms with Gasteiger partial charge in [0, 0.05) is 13.0 Å². The Kier molecular flexibility index (Phi) is 10.5. The predicted octanol–water partition coefficient (Wildman–Crippen LogP) is 5.93. The summed E-state index contributed by atoms with van der Waals surface area (Å²) in [5, 5.41) is 2.26. The first-order valence-corrected chi connectivity index (χ1v) is 13.2. The van der Waals surface area contributed by atoms with Crippen LogP contribution in [-0.4, -0.2) is 46.3 Å². The molecular weight excluding hydrogens is 481 g/mol. The van der Waals surface area contributed by atoms with Gasteiger partial charge in [-0.05, 0) is 49.7 Å². The van der Waals surface area contributed by atoms with Gasteiger partial charge in [0.15, 0.2) is 5.17 Å². The van der Waals surface area contributed by atoms with Gasteiger partial charge in [-0.1, -0.05) is 56.5 Å². The van der Waals surface area contributed by atoms with Crippen LogP contribution in [0.2, 0.25) is 0 Å². The van der Waals surface area contributed by atoms with Gasteiger partial charge in [-0.25, -0.2) is 14.2 Å². The van der Waals surface area contributed by atoms with Gasteiger partial charge in [-0.15, -0.1) is 0 Å². The smallest absolute Gasteiger partial charge is 0.338 e. The fourth-order valence-electron chi connectivity index (χ4n) is 3.71. The highest BCUT2D eigenvalue weighted by molar-refractivity contribution is 8.15. The minimum Gasteiger partial charge on any atom is -0.462 e. The second kappa shape index (κ2) is 13.8. The van der Waals surface area contributed by atoms with Gasteiger partial charge in [0.1, 0.15) is 11.1 Å². The summed E-state index contributed by atoms with van der Waals surface area (Å²) >= 11 is 1.19. The van der Waals surface area contributed by atoms with Gasteiger partial charge in [-0.3, -0.25) is 14.5 Å². The van der Waals surface area contributed by atoms with Crippen molar-refractivity contribution in [3.05, 3.63) is 59.9 Å². The topological polar surface area (TPSA) is 88.1 Å². The maximum Gasteiger partial charge on any atom is 0.338 e.